The Bertz CT molecular complexity index is 1210. The molecule has 0 aliphatic rings. The van der Waals surface area contributed by atoms with Crippen molar-refractivity contribution in [2.75, 3.05) is 5.75 Å². The Hall–Kier alpha value is -2.48. The third-order valence-electron chi connectivity index (χ3n) is 4.60. The molecule has 0 spiro atoms. The summed E-state index contributed by atoms with van der Waals surface area (Å²) in [6.07, 6.45) is 0. The molecule has 29 heavy (non-hydrogen) atoms. The molecule has 2 heterocycles. The molecule has 4 nitrogen and oxygen atoms in total. The van der Waals surface area contributed by atoms with Crippen molar-refractivity contribution in [3.8, 4) is 11.4 Å². The third-order valence-corrected chi connectivity index (χ3v) is 6.97. The van der Waals surface area contributed by atoms with Gasteiger partial charge in [0.05, 0.1) is 11.4 Å². The van der Waals surface area contributed by atoms with E-state index >= 15 is 0 Å². The number of benzene rings is 2. The zero-order valence-corrected chi connectivity index (χ0v) is 18.5. The lowest BCUT2D eigenvalue weighted by molar-refractivity contribution is 0.102. The minimum atomic E-state index is 0.0951. The van der Waals surface area contributed by atoms with Crippen LogP contribution in [-0.4, -0.2) is 25.9 Å². The van der Waals surface area contributed by atoms with Gasteiger partial charge in [-0.1, -0.05) is 59.5 Å². The second kappa shape index (κ2) is 8.49. The minimum absolute atomic E-state index is 0.0951. The van der Waals surface area contributed by atoms with Crippen molar-refractivity contribution in [1.29, 1.82) is 0 Å². The highest BCUT2D eigenvalue weighted by Crippen LogP contribution is 2.27. The lowest BCUT2D eigenvalue weighted by atomic mass is 10.2. The third kappa shape index (κ3) is 4.12. The van der Waals surface area contributed by atoms with Crippen LogP contribution in [0.15, 0.2) is 71.1 Å². The van der Waals surface area contributed by atoms with Crippen LogP contribution in [0.2, 0.25) is 0 Å². The number of para-hydroxylation sites is 2. The molecule has 0 unspecified atom stereocenters. The number of hydrogen-bond acceptors (Lipinski definition) is 5. The van der Waals surface area contributed by atoms with Crippen molar-refractivity contribution in [1.82, 2.24) is 14.3 Å². The van der Waals surface area contributed by atoms with Crippen molar-refractivity contribution in [3.05, 3.63) is 87.6 Å². The quantitative estimate of drug-likeness (QED) is 0.209. The average Bonchev–Trinajstić information content (AvgIpc) is 3.26. The summed E-state index contributed by atoms with van der Waals surface area (Å²) in [7, 11) is 0. The summed E-state index contributed by atoms with van der Waals surface area (Å²) < 4.78 is 5.33. The Morgan fingerprint density at radius 2 is 1.66 bits per heavy atom. The van der Waals surface area contributed by atoms with Crippen molar-refractivity contribution < 1.29 is 4.79 Å². The maximum Gasteiger partial charge on any atom is 0.184 e. The van der Waals surface area contributed by atoms with Crippen LogP contribution in [0.5, 0.6) is 0 Å². The fourth-order valence-corrected chi connectivity index (χ4v) is 5.52. The fraction of sp³-hybridized carbons (Fsp3) is 0.136. The van der Waals surface area contributed by atoms with E-state index in [1.165, 1.54) is 23.1 Å². The number of rotatable bonds is 6. The Morgan fingerprint density at radius 3 is 2.31 bits per heavy atom. The zero-order valence-electron chi connectivity index (χ0n) is 16.0. The molecule has 7 heteroatoms. The first-order valence-electron chi connectivity index (χ1n) is 9.10. The normalized spacial score (nSPS) is 11.0. The number of aryl methyl sites for hydroxylation is 1. The van der Waals surface area contributed by atoms with Gasteiger partial charge >= 0.3 is 0 Å². The molecule has 2 aromatic heterocycles. The van der Waals surface area contributed by atoms with Gasteiger partial charge in [0.15, 0.2) is 14.1 Å². The number of aromatic nitrogens is 3. The molecule has 4 aromatic rings. The molecule has 146 valence electrons. The molecule has 4 rings (SSSR count). The van der Waals surface area contributed by atoms with Gasteiger partial charge in [-0.3, -0.25) is 4.79 Å². The summed E-state index contributed by atoms with van der Waals surface area (Å²) in [6.45, 7) is 4.02. The Balaban J connectivity index is 1.52. The molecule has 0 radical (unpaired) electrons. The van der Waals surface area contributed by atoms with Gasteiger partial charge < -0.3 is 4.57 Å². The van der Waals surface area contributed by atoms with Gasteiger partial charge in [-0.05, 0) is 56.4 Å². The molecule has 0 N–H and O–H groups in total. The summed E-state index contributed by atoms with van der Waals surface area (Å²) in [6, 6.07) is 21.9. The van der Waals surface area contributed by atoms with Crippen LogP contribution in [0.3, 0.4) is 0 Å². The number of carbonyl (C=O) groups is 1. The highest BCUT2D eigenvalue weighted by molar-refractivity contribution is 8.01. The highest BCUT2D eigenvalue weighted by Gasteiger charge is 2.18. The largest absolute Gasteiger partial charge is 0.318 e. The van der Waals surface area contributed by atoms with Gasteiger partial charge in [0.2, 0.25) is 0 Å². The van der Waals surface area contributed by atoms with Crippen molar-refractivity contribution in [2.45, 2.75) is 18.2 Å². The van der Waals surface area contributed by atoms with Gasteiger partial charge in [-0.25, -0.2) is 4.68 Å². The Kier molecular flexibility index (Phi) is 5.80. The van der Waals surface area contributed by atoms with Gasteiger partial charge in [-0.15, -0.1) is 5.10 Å². The molecule has 0 aliphatic carbocycles. The molecule has 0 fully saturated rings. The molecular weight excluding hydrogens is 418 g/mol. The van der Waals surface area contributed by atoms with E-state index in [2.05, 4.69) is 9.67 Å². The molecule has 2 aromatic carbocycles. The van der Waals surface area contributed by atoms with Crippen LogP contribution in [0.4, 0.5) is 0 Å². The summed E-state index contributed by atoms with van der Waals surface area (Å²) >= 11 is 8.30. The van der Waals surface area contributed by atoms with Gasteiger partial charge in [0.1, 0.15) is 0 Å². The topological polar surface area (TPSA) is 39.8 Å². The average molecular weight is 438 g/mol. The van der Waals surface area contributed by atoms with E-state index in [0.717, 1.165) is 32.7 Å². The van der Waals surface area contributed by atoms with Gasteiger partial charge in [0.25, 0.3) is 0 Å². The van der Waals surface area contributed by atoms with Crippen molar-refractivity contribution >= 4 is 41.1 Å². The first-order valence-corrected chi connectivity index (χ1v) is 11.3. The summed E-state index contributed by atoms with van der Waals surface area (Å²) in [5, 5.41) is 4.57. The molecule has 0 saturated carbocycles. The lowest BCUT2D eigenvalue weighted by Gasteiger charge is -2.09. The SMILES string of the molecule is Cc1cc(C(=O)CSc2nn(-c3ccccc3)c(=S)s2)c(C)n1-c1ccccc1. The van der Waals surface area contributed by atoms with Crippen molar-refractivity contribution in [2.24, 2.45) is 0 Å². The van der Waals surface area contributed by atoms with E-state index in [-0.39, 0.29) is 5.78 Å². The van der Waals surface area contributed by atoms with Crippen molar-refractivity contribution in [3.63, 3.8) is 0 Å². The first kappa shape index (κ1) is 19.8. The number of hydrogen-bond donors (Lipinski definition) is 0. The van der Waals surface area contributed by atoms with E-state index < -0.39 is 0 Å². The van der Waals surface area contributed by atoms with Crippen LogP contribution in [0.25, 0.3) is 11.4 Å². The number of carbonyl (C=O) groups excluding carboxylic acids is 1. The fourth-order valence-electron chi connectivity index (χ4n) is 3.28. The maximum absolute atomic E-state index is 12.9. The van der Waals surface area contributed by atoms with Gasteiger partial charge in [-0.2, -0.15) is 0 Å². The predicted octanol–water partition coefficient (Wildman–Crippen LogP) is 6.05. The predicted molar refractivity (Wildman–Crippen MR) is 123 cm³/mol. The number of nitrogens with zero attached hydrogens (tertiary/aromatic N) is 3. The van der Waals surface area contributed by atoms with E-state index in [4.69, 9.17) is 12.2 Å². The van der Waals surface area contributed by atoms with E-state index in [1.54, 1.807) is 4.68 Å². The number of ketones is 1. The number of Topliss-reactive ketones (excluding diaryl/α,β-unsaturated/α-hetero) is 1. The van der Waals surface area contributed by atoms with Crippen LogP contribution in [0.1, 0.15) is 21.7 Å². The molecule has 0 atom stereocenters. The Morgan fingerprint density at radius 1 is 1.03 bits per heavy atom. The van der Waals surface area contributed by atoms with E-state index in [0.29, 0.717) is 9.71 Å². The molecular formula is C22H19N3OS3. The second-order valence-corrected chi connectivity index (χ2v) is 9.39. The molecule has 0 saturated heterocycles. The lowest BCUT2D eigenvalue weighted by Crippen LogP contribution is -2.05. The molecule has 0 aliphatic heterocycles. The van der Waals surface area contributed by atoms with E-state index in [9.17, 15) is 4.79 Å². The smallest absolute Gasteiger partial charge is 0.184 e. The maximum atomic E-state index is 12.9. The monoisotopic (exact) mass is 437 g/mol. The number of thioether (sulfide) groups is 1. The summed E-state index contributed by atoms with van der Waals surface area (Å²) in [5.41, 5.74) is 4.75. The Labute approximate surface area is 182 Å². The zero-order chi connectivity index (χ0) is 20.4. The van der Waals surface area contributed by atoms with E-state index in [1.807, 2.05) is 80.6 Å². The second-order valence-electron chi connectivity index (χ2n) is 6.55. The van der Waals surface area contributed by atoms with Gasteiger partial charge in [0, 0.05) is 22.6 Å². The van der Waals surface area contributed by atoms with Crippen LogP contribution in [-0.2, 0) is 0 Å². The summed E-state index contributed by atoms with van der Waals surface area (Å²) in [4.78, 5) is 12.9. The van der Waals surface area contributed by atoms with Crippen LogP contribution >= 0.6 is 35.3 Å². The minimum Gasteiger partial charge on any atom is -0.318 e. The molecule has 0 bridgehead atoms. The van der Waals surface area contributed by atoms with Crippen LogP contribution in [0, 0.1) is 17.8 Å². The molecule has 0 amide bonds. The first-order chi connectivity index (χ1) is 14.0. The highest BCUT2D eigenvalue weighted by atomic mass is 32.2. The summed E-state index contributed by atoms with van der Waals surface area (Å²) in [5.74, 6) is 0.425. The van der Waals surface area contributed by atoms with Crippen LogP contribution < -0.4 is 0 Å². The standard InChI is InChI=1S/C22H19N3OS3/c1-15-13-19(16(2)24(15)17-9-5-3-6-10-17)20(26)14-28-21-23-25(22(27)29-21)18-11-7-4-8-12-18/h3-13H,14H2,1-2H3.